The Morgan fingerprint density at radius 2 is 1.07 bits per heavy atom. The van der Waals surface area contributed by atoms with E-state index in [1.54, 1.807) is 0 Å². The van der Waals surface area contributed by atoms with Crippen molar-refractivity contribution in [3.8, 4) is 22.3 Å². The zero-order chi connectivity index (χ0) is 36.3. The normalized spacial score (nSPS) is 15.1. The van der Waals surface area contributed by atoms with Crippen LogP contribution in [0.2, 0.25) is 0 Å². The lowest BCUT2D eigenvalue weighted by Crippen LogP contribution is -2.33. The maximum Gasteiger partial charge on any atom is 0.0729 e. The van der Waals surface area contributed by atoms with Gasteiger partial charge in [-0.25, -0.2) is 0 Å². The van der Waals surface area contributed by atoms with Gasteiger partial charge in [-0.2, -0.15) is 0 Å². The van der Waals surface area contributed by atoms with Crippen molar-refractivity contribution in [3.05, 3.63) is 210 Å². The van der Waals surface area contributed by atoms with Crippen LogP contribution >= 0.6 is 11.3 Å². The van der Waals surface area contributed by atoms with Gasteiger partial charge in [-0.15, -0.1) is 11.3 Å². The molecule has 12 rings (SSSR count). The maximum atomic E-state index is 2.54. The van der Waals surface area contributed by atoms with Crippen LogP contribution in [0.25, 0.3) is 64.0 Å². The van der Waals surface area contributed by atoms with Crippen LogP contribution in [0.3, 0.4) is 0 Å². The standard InChI is InChI=1S/C53H35NS/c1-2-33-25-26-35-15-11-20-44-40-18-6-9-22-46(40)53(52(33)51(35)44)45-21-8-5-17-39(45)41-29-27-36(31-47(41)53)54(48-23-12-14-34-13-3-4-16-38(34)48)37-28-30-43-42-19-7-10-24-49(42)55-50(43)32-37/h3-32H,2H2,1H3. The van der Waals surface area contributed by atoms with Gasteiger partial charge >= 0.3 is 0 Å². The lowest BCUT2D eigenvalue weighted by atomic mass is 9.60. The van der Waals surface area contributed by atoms with Gasteiger partial charge in [0.2, 0.25) is 0 Å². The first kappa shape index (κ1) is 30.9. The smallest absolute Gasteiger partial charge is 0.0729 e. The van der Waals surface area contributed by atoms with Crippen LogP contribution in [0.5, 0.6) is 0 Å². The van der Waals surface area contributed by atoms with E-state index in [4.69, 9.17) is 0 Å². The summed E-state index contributed by atoms with van der Waals surface area (Å²) in [7, 11) is 0. The van der Waals surface area contributed by atoms with Crippen molar-refractivity contribution >= 4 is 70.1 Å². The SMILES string of the molecule is CCc1ccc2cccc3c2c1C1(c2ccccc2-c2ccc(N(c4ccc5c(c4)sc4ccccc45)c4cccc5ccccc45)cc21)c1ccccc1-3. The Balaban J connectivity index is 1.20. The molecule has 0 radical (unpaired) electrons. The molecule has 0 saturated carbocycles. The summed E-state index contributed by atoms with van der Waals surface area (Å²) in [6.07, 6.45) is 0.956. The highest BCUT2D eigenvalue weighted by Gasteiger charge is 2.51. The first-order valence-electron chi connectivity index (χ1n) is 19.3. The monoisotopic (exact) mass is 717 g/mol. The number of hydrogen-bond acceptors (Lipinski definition) is 2. The third kappa shape index (κ3) is 4.12. The maximum absolute atomic E-state index is 2.54. The predicted octanol–water partition coefficient (Wildman–Crippen LogP) is 14.7. The number of thiophene rings is 1. The van der Waals surface area contributed by atoms with Crippen LogP contribution in [0, 0.1) is 0 Å². The van der Waals surface area contributed by atoms with Crippen LogP contribution in [0.4, 0.5) is 17.1 Å². The first-order chi connectivity index (χ1) is 27.2. The summed E-state index contributed by atoms with van der Waals surface area (Å²) in [5, 5.41) is 7.78. The summed E-state index contributed by atoms with van der Waals surface area (Å²) in [5.41, 5.74) is 15.2. The summed E-state index contributed by atoms with van der Waals surface area (Å²) >= 11 is 1.88. The largest absolute Gasteiger partial charge is 0.310 e. The Labute approximate surface area is 324 Å². The van der Waals surface area contributed by atoms with E-state index in [1.807, 2.05) is 11.3 Å². The second kappa shape index (κ2) is 11.5. The molecular weight excluding hydrogens is 683 g/mol. The van der Waals surface area contributed by atoms with E-state index in [0.29, 0.717) is 0 Å². The summed E-state index contributed by atoms with van der Waals surface area (Å²) in [5.74, 6) is 0. The van der Waals surface area contributed by atoms with Gasteiger partial charge in [0.15, 0.2) is 0 Å². The number of anilines is 3. The highest BCUT2D eigenvalue weighted by Crippen LogP contribution is 2.63. The van der Waals surface area contributed by atoms with Crippen molar-refractivity contribution < 1.29 is 0 Å². The lowest BCUT2D eigenvalue weighted by molar-refractivity contribution is 0.759. The zero-order valence-electron chi connectivity index (χ0n) is 30.4. The molecule has 1 unspecified atom stereocenters. The molecule has 1 spiro atoms. The van der Waals surface area contributed by atoms with Gasteiger partial charge in [0.05, 0.1) is 11.1 Å². The molecule has 0 amide bonds. The fourth-order valence-electron chi connectivity index (χ4n) is 10.2. The molecule has 0 fully saturated rings. The van der Waals surface area contributed by atoms with Crippen LogP contribution in [-0.4, -0.2) is 0 Å². The topological polar surface area (TPSA) is 3.24 Å². The van der Waals surface area contributed by atoms with Gasteiger partial charge in [-0.1, -0.05) is 153 Å². The highest BCUT2D eigenvalue weighted by molar-refractivity contribution is 7.25. The van der Waals surface area contributed by atoms with Crippen molar-refractivity contribution in [2.45, 2.75) is 18.8 Å². The van der Waals surface area contributed by atoms with Crippen molar-refractivity contribution in [2.24, 2.45) is 0 Å². The molecule has 0 saturated heterocycles. The van der Waals surface area contributed by atoms with Crippen LogP contribution in [0.1, 0.15) is 34.7 Å². The predicted molar refractivity (Wildman–Crippen MR) is 235 cm³/mol. The molecule has 0 aliphatic heterocycles. The molecule has 55 heavy (non-hydrogen) atoms. The van der Waals surface area contributed by atoms with E-state index in [0.717, 1.165) is 17.8 Å². The van der Waals surface area contributed by atoms with Gasteiger partial charge < -0.3 is 4.90 Å². The number of fused-ring (bicyclic) bond motifs is 13. The molecule has 1 aromatic heterocycles. The van der Waals surface area contributed by atoms with Crippen LogP contribution in [0.15, 0.2) is 182 Å². The Hall–Kier alpha value is -6.48. The number of hydrogen-bond donors (Lipinski definition) is 0. The van der Waals surface area contributed by atoms with Crippen molar-refractivity contribution in [1.29, 1.82) is 0 Å². The van der Waals surface area contributed by atoms with E-state index in [9.17, 15) is 0 Å². The molecule has 0 N–H and O–H groups in total. The molecule has 1 nitrogen and oxygen atoms in total. The Morgan fingerprint density at radius 1 is 0.455 bits per heavy atom. The molecule has 258 valence electrons. The van der Waals surface area contributed by atoms with Crippen LogP contribution in [-0.2, 0) is 11.8 Å². The molecule has 2 aliphatic rings. The minimum atomic E-state index is -0.488. The summed E-state index contributed by atoms with van der Waals surface area (Å²) in [6, 6.07) is 68.6. The van der Waals surface area contributed by atoms with Crippen molar-refractivity contribution in [2.75, 3.05) is 4.90 Å². The average Bonchev–Trinajstić information content (AvgIpc) is 3.76. The molecule has 10 aromatic rings. The number of nitrogens with zero attached hydrogens (tertiary/aromatic N) is 1. The van der Waals surface area contributed by atoms with Crippen molar-refractivity contribution in [3.63, 3.8) is 0 Å². The molecule has 1 heterocycles. The number of rotatable bonds is 4. The molecule has 9 aromatic carbocycles. The highest BCUT2D eigenvalue weighted by atomic mass is 32.1. The van der Waals surface area contributed by atoms with Gasteiger partial charge in [-0.3, -0.25) is 0 Å². The minimum absolute atomic E-state index is 0.488. The zero-order valence-corrected chi connectivity index (χ0v) is 31.2. The molecule has 0 bridgehead atoms. The fraction of sp³-hybridized carbons (Fsp3) is 0.0566. The van der Waals surface area contributed by atoms with Gasteiger partial charge in [0.25, 0.3) is 0 Å². The van der Waals surface area contributed by atoms with E-state index >= 15 is 0 Å². The molecule has 2 aliphatic carbocycles. The second-order valence-corrected chi connectivity index (χ2v) is 16.1. The summed E-state index contributed by atoms with van der Waals surface area (Å²) < 4.78 is 2.62. The summed E-state index contributed by atoms with van der Waals surface area (Å²) in [6.45, 7) is 2.32. The second-order valence-electron chi connectivity index (χ2n) is 15.0. The fourth-order valence-corrected chi connectivity index (χ4v) is 11.3. The number of benzene rings is 9. The molecular formula is C53H35NS. The quantitative estimate of drug-likeness (QED) is 0.175. The molecule has 1 atom stereocenters. The van der Waals surface area contributed by atoms with E-state index < -0.39 is 5.41 Å². The van der Waals surface area contributed by atoms with Gasteiger partial charge in [0.1, 0.15) is 0 Å². The Morgan fingerprint density at radius 3 is 1.93 bits per heavy atom. The third-order valence-electron chi connectivity index (χ3n) is 12.4. The average molecular weight is 718 g/mol. The Kier molecular flexibility index (Phi) is 6.47. The summed E-state index contributed by atoms with van der Waals surface area (Å²) in [4.78, 5) is 2.51. The first-order valence-corrected chi connectivity index (χ1v) is 20.1. The number of aryl methyl sites for hydroxylation is 1. The van der Waals surface area contributed by atoms with Gasteiger partial charge in [0, 0.05) is 36.9 Å². The van der Waals surface area contributed by atoms with E-state index in [-0.39, 0.29) is 0 Å². The lowest BCUT2D eigenvalue weighted by Gasteiger charge is -2.41. The van der Waals surface area contributed by atoms with E-state index in [2.05, 4.69) is 194 Å². The van der Waals surface area contributed by atoms with E-state index in [1.165, 1.54) is 97.5 Å². The van der Waals surface area contributed by atoms with Gasteiger partial charge in [-0.05, 0) is 109 Å². The minimum Gasteiger partial charge on any atom is -0.310 e. The Bertz CT molecular complexity index is 3220. The van der Waals surface area contributed by atoms with Crippen LogP contribution < -0.4 is 4.90 Å². The molecule has 2 heteroatoms. The third-order valence-corrected chi connectivity index (χ3v) is 13.6. The van der Waals surface area contributed by atoms with Crippen molar-refractivity contribution in [1.82, 2.24) is 0 Å².